The van der Waals surface area contributed by atoms with Crippen molar-refractivity contribution in [2.75, 3.05) is 26.9 Å². The predicted octanol–water partition coefficient (Wildman–Crippen LogP) is 4.73. The molecule has 2 bridgehead atoms. The molecular formula is C39H56BrN3O8. The van der Waals surface area contributed by atoms with Gasteiger partial charge in [0.25, 0.3) is 0 Å². The second kappa shape index (κ2) is 18.1. The number of nitrogens with one attached hydrogen (secondary N) is 1. The molecule has 1 aromatic rings. The van der Waals surface area contributed by atoms with E-state index in [4.69, 9.17) is 14.2 Å². The van der Waals surface area contributed by atoms with Crippen LogP contribution in [0.4, 0.5) is 0 Å². The average Bonchev–Trinajstić information content (AvgIpc) is 3.72. The van der Waals surface area contributed by atoms with E-state index in [1.807, 2.05) is 51.1 Å². The number of allylic oxidation sites excluding steroid dienone is 1. The lowest BCUT2D eigenvalue weighted by Crippen LogP contribution is -2.61. The number of fused-ring (bicyclic) bond motifs is 1. The van der Waals surface area contributed by atoms with Gasteiger partial charge in [-0.1, -0.05) is 92.0 Å². The van der Waals surface area contributed by atoms with Crippen LogP contribution in [0, 0.1) is 17.8 Å². The number of esters is 1. The van der Waals surface area contributed by atoms with Crippen LogP contribution in [0.5, 0.6) is 0 Å². The largest absolute Gasteiger partial charge is 0.455 e. The summed E-state index contributed by atoms with van der Waals surface area (Å²) in [5, 5.41) is 13.7. The number of aliphatic hydroxyl groups is 1. The Morgan fingerprint density at radius 1 is 1.20 bits per heavy atom. The zero-order valence-electron chi connectivity index (χ0n) is 30.7. The quantitative estimate of drug-likeness (QED) is 0.111. The fourth-order valence-electron chi connectivity index (χ4n) is 8.27. The van der Waals surface area contributed by atoms with Crippen LogP contribution in [0.2, 0.25) is 0 Å². The Morgan fingerprint density at radius 3 is 2.49 bits per heavy atom. The first kappa shape index (κ1) is 40.7. The molecule has 1 spiro atoms. The van der Waals surface area contributed by atoms with Crippen LogP contribution in [-0.2, 0) is 33.4 Å². The highest BCUT2D eigenvalue weighted by molar-refractivity contribution is 9.09. The molecule has 51 heavy (non-hydrogen) atoms. The number of nitrogens with zero attached hydrogens (tertiary/aromatic N) is 2. The number of carbonyl (C=O) groups excluding carboxylic acids is 4. The van der Waals surface area contributed by atoms with Crippen molar-refractivity contribution in [1.29, 1.82) is 0 Å². The van der Waals surface area contributed by atoms with Gasteiger partial charge in [0.2, 0.25) is 17.7 Å². The maximum atomic E-state index is 14.9. The number of likely N-dealkylation sites (tertiary alicyclic amines) is 1. The summed E-state index contributed by atoms with van der Waals surface area (Å²) in [7, 11) is 1.50. The predicted molar refractivity (Wildman–Crippen MR) is 198 cm³/mol. The number of alkyl halides is 1. The molecule has 3 aliphatic heterocycles. The van der Waals surface area contributed by atoms with E-state index in [0.717, 1.165) is 12.8 Å². The second-order valence-electron chi connectivity index (χ2n) is 14.2. The number of hydrogen-bond acceptors (Lipinski definition) is 8. The molecule has 4 rings (SSSR count). The van der Waals surface area contributed by atoms with Crippen molar-refractivity contribution in [2.45, 2.75) is 113 Å². The molecule has 3 heterocycles. The van der Waals surface area contributed by atoms with Crippen LogP contribution in [0.25, 0.3) is 0 Å². The van der Waals surface area contributed by atoms with E-state index in [1.54, 1.807) is 17.1 Å². The molecule has 0 saturated carbocycles. The zero-order valence-corrected chi connectivity index (χ0v) is 32.3. The Morgan fingerprint density at radius 2 is 1.90 bits per heavy atom. The number of hydrogen-bond donors (Lipinski definition) is 2. The van der Waals surface area contributed by atoms with Gasteiger partial charge in [0.1, 0.15) is 17.7 Å². The molecule has 3 amide bonds. The van der Waals surface area contributed by atoms with Crippen molar-refractivity contribution in [3.05, 3.63) is 61.2 Å². The number of carbonyl (C=O) groups is 4. The third kappa shape index (κ3) is 8.14. The van der Waals surface area contributed by atoms with Crippen molar-refractivity contribution in [3.63, 3.8) is 0 Å². The van der Waals surface area contributed by atoms with Gasteiger partial charge in [-0.3, -0.25) is 19.2 Å². The Bertz CT molecular complexity index is 1400. The molecule has 2 unspecified atom stereocenters. The monoisotopic (exact) mass is 773 g/mol. The van der Waals surface area contributed by atoms with Crippen LogP contribution < -0.4 is 5.32 Å². The highest BCUT2D eigenvalue weighted by Crippen LogP contribution is 2.61. The lowest BCUT2D eigenvalue weighted by Gasteiger charge is -2.42. The van der Waals surface area contributed by atoms with Crippen molar-refractivity contribution < 1.29 is 38.5 Å². The first-order valence-electron chi connectivity index (χ1n) is 18.3. The fraction of sp³-hybridized carbons (Fsp3) is 0.641. The summed E-state index contributed by atoms with van der Waals surface area (Å²) in [5.41, 5.74) is -0.698. The molecular weight excluding hydrogens is 718 g/mol. The van der Waals surface area contributed by atoms with Gasteiger partial charge in [0.15, 0.2) is 0 Å². The third-order valence-corrected chi connectivity index (χ3v) is 11.8. The van der Waals surface area contributed by atoms with E-state index in [0.29, 0.717) is 24.8 Å². The van der Waals surface area contributed by atoms with Crippen LogP contribution in [0.1, 0.15) is 77.9 Å². The Hall–Kier alpha value is -3.06. The van der Waals surface area contributed by atoms with Gasteiger partial charge in [-0.05, 0) is 37.7 Å². The maximum Gasteiger partial charge on any atom is 0.313 e. The first-order valence-corrected chi connectivity index (χ1v) is 19.2. The van der Waals surface area contributed by atoms with E-state index < -0.39 is 59.6 Å². The molecule has 1 aromatic carbocycles. The standard InChI is InChI=1S/C39H56BrN3O8/c1-8-12-19-30(45)41-28(23-49-7)33(26-17-14-13-15-18-26)50-38(48)31-32-36(46)43(29(22-44)24(5)11-4)35(39(32)21-27(40)34(31)51-39)37(47)42(20-10-3)25(6)16-9-2/h8,10,13-15,17-18,24-25,27-29,31-35,44H,1,3,9,11-12,16,19-23H2,2,4-7H3,(H,41,45)/t24-,25?,27?,28-,29-,31-,32+,33-,34-,35-,39+/m0/s1. The highest BCUT2D eigenvalue weighted by Gasteiger charge is 2.78. The summed E-state index contributed by atoms with van der Waals surface area (Å²) in [6.45, 7) is 15.5. The van der Waals surface area contributed by atoms with Crippen molar-refractivity contribution in [3.8, 4) is 0 Å². The van der Waals surface area contributed by atoms with Crippen LogP contribution in [-0.4, -0.2) is 106 Å². The number of amides is 3. The smallest absolute Gasteiger partial charge is 0.313 e. The van der Waals surface area contributed by atoms with E-state index in [2.05, 4.69) is 41.3 Å². The molecule has 282 valence electrons. The number of benzene rings is 1. The first-order chi connectivity index (χ1) is 24.5. The number of ether oxygens (including phenoxy) is 3. The minimum atomic E-state index is -1.34. The molecule has 2 N–H and O–H groups in total. The molecule has 3 saturated heterocycles. The fourth-order valence-corrected chi connectivity index (χ4v) is 9.21. The van der Waals surface area contributed by atoms with Crippen LogP contribution >= 0.6 is 15.9 Å². The molecule has 0 aromatic heterocycles. The minimum Gasteiger partial charge on any atom is -0.455 e. The lowest BCUT2D eigenvalue weighted by molar-refractivity contribution is -0.164. The van der Waals surface area contributed by atoms with Gasteiger partial charge < -0.3 is 34.4 Å². The molecule has 11 atom stereocenters. The summed E-state index contributed by atoms with van der Waals surface area (Å²) >= 11 is 3.75. The van der Waals surface area contributed by atoms with E-state index >= 15 is 0 Å². The highest BCUT2D eigenvalue weighted by atomic mass is 79.9. The molecule has 0 radical (unpaired) electrons. The van der Waals surface area contributed by atoms with Crippen molar-refractivity contribution in [1.82, 2.24) is 15.1 Å². The van der Waals surface area contributed by atoms with Crippen LogP contribution in [0.15, 0.2) is 55.6 Å². The Labute approximate surface area is 311 Å². The minimum absolute atomic E-state index is 0.0527. The topological polar surface area (TPSA) is 135 Å². The number of halogens is 1. The second-order valence-corrected chi connectivity index (χ2v) is 15.4. The van der Waals surface area contributed by atoms with E-state index in [1.165, 1.54) is 12.0 Å². The Kier molecular flexibility index (Phi) is 14.5. The van der Waals surface area contributed by atoms with Gasteiger partial charge >= 0.3 is 5.97 Å². The van der Waals surface area contributed by atoms with Gasteiger partial charge in [-0.25, -0.2) is 0 Å². The molecule has 3 fully saturated rings. The summed E-state index contributed by atoms with van der Waals surface area (Å²) in [5.74, 6) is -3.83. The zero-order chi connectivity index (χ0) is 37.5. The Balaban J connectivity index is 1.79. The van der Waals surface area contributed by atoms with Crippen molar-refractivity contribution >= 4 is 39.6 Å². The van der Waals surface area contributed by atoms with Crippen LogP contribution in [0.3, 0.4) is 0 Å². The SMILES string of the molecule is C=CCCC(=O)N[C@@H](COC)[C@@H](OC(=O)[C@@H]1[C@H]2O[C@@]3(CC2Br)[C@H](C(=O)N(CC=C)C(C)CCC)N([C@@H](CO)[C@@H](C)CC)C(=O)[C@@H]13)c1ccccc1. The van der Waals surface area contributed by atoms with Gasteiger partial charge in [-0.15, -0.1) is 13.2 Å². The maximum absolute atomic E-state index is 14.9. The summed E-state index contributed by atoms with van der Waals surface area (Å²) in [6, 6.07) is 6.46. The van der Waals surface area contributed by atoms with Gasteiger partial charge in [-0.2, -0.15) is 0 Å². The number of rotatable bonds is 20. The number of aliphatic hydroxyl groups excluding tert-OH is 1. The summed E-state index contributed by atoms with van der Waals surface area (Å²) in [6.07, 6.45) is 4.89. The van der Waals surface area contributed by atoms with Gasteiger partial charge in [0, 0.05) is 30.9 Å². The van der Waals surface area contributed by atoms with Gasteiger partial charge in [0.05, 0.1) is 43.2 Å². The third-order valence-electron chi connectivity index (χ3n) is 10.9. The molecule has 0 aliphatic carbocycles. The summed E-state index contributed by atoms with van der Waals surface area (Å²) in [4.78, 5) is 60.2. The molecule has 11 nitrogen and oxygen atoms in total. The normalized spacial score (nSPS) is 27.9. The molecule has 3 aliphatic rings. The lowest BCUT2D eigenvalue weighted by atomic mass is 9.70. The number of methoxy groups -OCH3 is 1. The van der Waals surface area contributed by atoms with E-state index in [9.17, 15) is 24.3 Å². The average molecular weight is 775 g/mol. The van der Waals surface area contributed by atoms with E-state index in [-0.39, 0.29) is 54.8 Å². The van der Waals surface area contributed by atoms with Crippen molar-refractivity contribution in [2.24, 2.45) is 17.8 Å². The summed E-state index contributed by atoms with van der Waals surface area (Å²) < 4.78 is 18.6. The molecule has 12 heteroatoms.